The van der Waals surface area contributed by atoms with Crippen LogP contribution >= 0.6 is 15.9 Å². The number of aryl methyl sites for hydroxylation is 1. The highest BCUT2D eigenvalue weighted by Gasteiger charge is 2.17. The molecule has 0 N–H and O–H groups in total. The van der Waals surface area contributed by atoms with Crippen LogP contribution in [0.15, 0.2) is 50.8 Å². The highest BCUT2D eigenvalue weighted by Crippen LogP contribution is 2.28. The van der Waals surface area contributed by atoms with Crippen LogP contribution < -0.4 is 15.0 Å². The lowest BCUT2D eigenvalue weighted by Gasteiger charge is -2.15. The quantitative estimate of drug-likeness (QED) is 0.311. The molecule has 0 unspecified atom stereocenters. The van der Waals surface area contributed by atoms with Gasteiger partial charge < -0.3 is 14.2 Å². The summed E-state index contributed by atoms with van der Waals surface area (Å²) in [6.07, 6.45) is 3.28. The van der Waals surface area contributed by atoms with E-state index in [1.165, 1.54) is 18.9 Å². The van der Waals surface area contributed by atoms with E-state index in [0.717, 1.165) is 17.3 Å². The Hall–Kier alpha value is -3.20. The van der Waals surface area contributed by atoms with Gasteiger partial charge in [-0.15, -0.1) is 0 Å². The number of benzene rings is 2. The monoisotopic (exact) mass is 515 g/mol. The van der Waals surface area contributed by atoms with Crippen molar-refractivity contribution >= 4 is 39.0 Å². The molecule has 1 heterocycles. The number of hydrogen-bond donors (Lipinski definition) is 0. The third-order valence-corrected chi connectivity index (χ3v) is 5.47. The predicted molar refractivity (Wildman–Crippen MR) is 130 cm³/mol. The fourth-order valence-corrected chi connectivity index (χ4v) is 3.56. The molecule has 0 saturated heterocycles. The lowest BCUT2D eigenvalue weighted by atomic mass is 10.2. The minimum absolute atomic E-state index is 0.234. The smallest absolute Gasteiger partial charge is 0.346 e. The molecule has 0 aliphatic carbocycles. The van der Waals surface area contributed by atoms with Crippen molar-refractivity contribution in [2.24, 2.45) is 5.10 Å². The second-order valence-corrected chi connectivity index (χ2v) is 8.26. The van der Waals surface area contributed by atoms with Crippen LogP contribution in [0, 0.1) is 0 Å². The third-order valence-electron chi connectivity index (χ3n) is 4.98. The third kappa shape index (κ3) is 5.78. The second kappa shape index (κ2) is 11.1. The molecule has 0 spiro atoms. The number of hydrogen-bond acceptors (Lipinski definition) is 7. The van der Waals surface area contributed by atoms with Gasteiger partial charge in [-0.3, -0.25) is 4.79 Å². The van der Waals surface area contributed by atoms with Gasteiger partial charge in [0.25, 0.3) is 5.56 Å². The molecular weight excluding hydrogens is 490 g/mol. The number of unbranched alkanes of at least 4 members (excludes halogenated alkanes) is 1. The molecule has 0 amide bonds. The first kappa shape index (κ1) is 24.4. The first-order valence-electron chi connectivity index (χ1n) is 10.6. The van der Waals surface area contributed by atoms with E-state index in [9.17, 15) is 9.59 Å². The molecule has 0 aliphatic rings. The Morgan fingerprint density at radius 2 is 2.00 bits per heavy atom. The average molecular weight is 516 g/mol. The summed E-state index contributed by atoms with van der Waals surface area (Å²) in [7, 11) is 2.81. The molecule has 174 valence electrons. The van der Waals surface area contributed by atoms with Crippen LogP contribution in [0.3, 0.4) is 0 Å². The van der Waals surface area contributed by atoms with Crippen molar-refractivity contribution in [1.29, 1.82) is 0 Å². The molecule has 0 bridgehead atoms. The molecule has 0 aliphatic heterocycles. The molecule has 1 atom stereocenters. The molecule has 33 heavy (non-hydrogen) atoms. The summed E-state index contributed by atoms with van der Waals surface area (Å²) in [6, 6.07) is 10.6. The number of nitrogens with zero attached hydrogens (tertiary/aromatic N) is 3. The van der Waals surface area contributed by atoms with Crippen LogP contribution in [-0.4, -0.2) is 42.2 Å². The molecule has 0 fully saturated rings. The molecule has 0 saturated carbocycles. The highest BCUT2D eigenvalue weighted by molar-refractivity contribution is 9.10. The van der Waals surface area contributed by atoms with Crippen molar-refractivity contribution in [2.75, 3.05) is 14.2 Å². The number of esters is 1. The molecule has 0 radical (unpaired) electrons. The van der Waals surface area contributed by atoms with Gasteiger partial charge >= 0.3 is 5.97 Å². The number of aromatic nitrogens is 2. The number of ether oxygens (including phenoxy) is 3. The number of carbonyl (C=O) groups excluding carboxylic acids is 1. The van der Waals surface area contributed by atoms with Crippen molar-refractivity contribution in [3.63, 3.8) is 0 Å². The van der Waals surface area contributed by atoms with E-state index < -0.39 is 12.1 Å². The van der Waals surface area contributed by atoms with Crippen LogP contribution in [0.1, 0.15) is 38.1 Å². The number of rotatable bonds is 9. The molecule has 2 aromatic carbocycles. The van der Waals surface area contributed by atoms with Crippen molar-refractivity contribution in [3.8, 4) is 11.5 Å². The fraction of sp³-hybridized carbons (Fsp3) is 0.333. The van der Waals surface area contributed by atoms with Gasteiger partial charge in [0.05, 0.1) is 31.3 Å². The van der Waals surface area contributed by atoms with Crippen molar-refractivity contribution in [1.82, 2.24) is 9.66 Å². The Kier molecular flexibility index (Phi) is 8.21. The molecule has 1 aromatic heterocycles. The van der Waals surface area contributed by atoms with Gasteiger partial charge in [0.1, 0.15) is 5.82 Å². The average Bonchev–Trinajstić information content (AvgIpc) is 2.82. The maximum absolute atomic E-state index is 13.2. The summed E-state index contributed by atoms with van der Waals surface area (Å²) < 4.78 is 17.9. The van der Waals surface area contributed by atoms with Crippen LogP contribution in [0.4, 0.5) is 0 Å². The van der Waals surface area contributed by atoms with Gasteiger partial charge in [-0.05, 0) is 55.3 Å². The van der Waals surface area contributed by atoms with Gasteiger partial charge in [-0.1, -0.05) is 29.3 Å². The van der Waals surface area contributed by atoms with E-state index in [1.807, 2.05) is 12.1 Å². The van der Waals surface area contributed by atoms with Crippen LogP contribution in [0.25, 0.3) is 10.9 Å². The van der Waals surface area contributed by atoms with Crippen LogP contribution in [0.5, 0.6) is 11.5 Å². The van der Waals surface area contributed by atoms with Gasteiger partial charge in [0, 0.05) is 10.9 Å². The van der Waals surface area contributed by atoms with Crippen molar-refractivity contribution in [3.05, 3.63) is 62.6 Å². The van der Waals surface area contributed by atoms with Gasteiger partial charge in [-0.25, -0.2) is 9.78 Å². The summed E-state index contributed by atoms with van der Waals surface area (Å²) >= 11 is 3.41. The Morgan fingerprint density at radius 3 is 2.70 bits per heavy atom. The van der Waals surface area contributed by atoms with Crippen molar-refractivity contribution in [2.45, 2.75) is 39.2 Å². The van der Waals surface area contributed by atoms with E-state index in [-0.39, 0.29) is 5.56 Å². The predicted octanol–water partition coefficient (Wildman–Crippen LogP) is 4.33. The fourth-order valence-electron chi connectivity index (χ4n) is 3.20. The van der Waals surface area contributed by atoms with Gasteiger partial charge in [0.15, 0.2) is 17.6 Å². The molecular formula is C24H26BrN3O5. The molecule has 8 nitrogen and oxygen atoms in total. The number of methoxy groups -OCH3 is 2. The van der Waals surface area contributed by atoms with E-state index in [1.54, 1.807) is 37.4 Å². The summed E-state index contributed by atoms with van der Waals surface area (Å²) in [5.41, 5.74) is 1.10. The Labute approximate surface area is 200 Å². The van der Waals surface area contributed by atoms with E-state index >= 15 is 0 Å². The van der Waals surface area contributed by atoms with Crippen LogP contribution in [-0.2, 0) is 16.0 Å². The molecule has 3 rings (SSSR count). The Bertz CT molecular complexity index is 1240. The van der Waals surface area contributed by atoms with E-state index in [0.29, 0.717) is 40.2 Å². The largest absolute Gasteiger partial charge is 0.493 e. The van der Waals surface area contributed by atoms with E-state index in [4.69, 9.17) is 14.2 Å². The maximum Gasteiger partial charge on any atom is 0.346 e. The zero-order valence-corrected chi connectivity index (χ0v) is 20.6. The first-order chi connectivity index (χ1) is 15.9. The standard InChI is InChI=1S/C24H26BrN3O5/c1-5-6-7-22-27-19-10-9-17(25)13-18(19)23(29)28(22)26-14-16-8-11-20(21(12-16)31-3)33-15(2)24(30)32-4/h8-15H,5-7H2,1-4H3/t15-/m0/s1. The van der Waals surface area contributed by atoms with Gasteiger partial charge in [-0.2, -0.15) is 9.78 Å². The number of halogens is 1. The molecule has 9 heteroatoms. The normalized spacial score (nSPS) is 12.2. The lowest BCUT2D eigenvalue weighted by Crippen LogP contribution is -2.25. The summed E-state index contributed by atoms with van der Waals surface area (Å²) in [4.78, 5) is 29.5. The Balaban J connectivity index is 1.98. The summed E-state index contributed by atoms with van der Waals surface area (Å²) in [5.74, 6) is 0.934. The van der Waals surface area contributed by atoms with Crippen LogP contribution in [0.2, 0.25) is 0 Å². The minimum Gasteiger partial charge on any atom is -0.493 e. The maximum atomic E-state index is 13.2. The SMILES string of the molecule is CCCCc1nc2ccc(Br)cc2c(=O)n1N=Cc1ccc(O[C@@H](C)C(=O)OC)c(OC)c1. The zero-order valence-electron chi connectivity index (χ0n) is 19.0. The van der Waals surface area contributed by atoms with E-state index in [2.05, 4.69) is 32.9 Å². The second-order valence-electron chi connectivity index (χ2n) is 7.35. The minimum atomic E-state index is -0.786. The zero-order chi connectivity index (χ0) is 24.0. The van der Waals surface area contributed by atoms with Crippen molar-refractivity contribution < 1.29 is 19.0 Å². The first-order valence-corrected chi connectivity index (χ1v) is 11.3. The highest BCUT2D eigenvalue weighted by atomic mass is 79.9. The lowest BCUT2D eigenvalue weighted by molar-refractivity contribution is -0.147. The topological polar surface area (TPSA) is 92.0 Å². The number of fused-ring (bicyclic) bond motifs is 1. The summed E-state index contributed by atoms with van der Waals surface area (Å²) in [6.45, 7) is 3.68. The number of carbonyl (C=O) groups is 1. The van der Waals surface area contributed by atoms with Gasteiger partial charge in [0.2, 0.25) is 0 Å². The Morgan fingerprint density at radius 1 is 1.21 bits per heavy atom. The summed E-state index contributed by atoms with van der Waals surface area (Å²) in [5, 5.41) is 4.93. The molecule has 3 aromatic rings.